The molecule has 0 aromatic carbocycles. The molecule has 0 atom stereocenters. The van der Waals surface area contributed by atoms with Gasteiger partial charge in [0.15, 0.2) is 0 Å². The molecule has 0 aliphatic heterocycles. The van der Waals surface area contributed by atoms with E-state index in [1.807, 2.05) is 0 Å². The molecule has 0 aliphatic rings. The summed E-state index contributed by atoms with van der Waals surface area (Å²) in [5.74, 6) is 0. The SMILES string of the molecule is N#[C][Fe][C]#N.[V]. The maximum atomic E-state index is 7.59. The fourth-order valence-electron chi connectivity index (χ4n) is 0.0177. The molecular formula is C2FeN2V. The molecule has 0 rings (SSSR count). The average molecular weight is 159 g/mol. The number of nitriles is 2. The van der Waals surface area contributed by atoms with Crippen LogP contribution in [-0.4, -0.2) is 0 Å². The first-order chi connectivity index (χ1) is 2.41. The van der Waals surface area contributed by atoms with Gasteiger partial charge in [0.25, 0.3) is 0 Å². The number of hydrogen-bond donors (Lipinski definition) is 0. The standard InChI is InChI=1S/2CN.Fe.V/c2*1-2;;. The molecule has 0 heterocycles. The molecule has 0 aromatic heterocycles. The van der Waals surface area contributed by atoms with E-state index in [1.165, 1.54) is 0 Å². The topological polar surface area (TPSA) is 47.6 Å². The summed E-state index contributed by atoms with van der Waals surface area (Å²) in [6, 6.07) is 0. The summed E-state index contributed by atoms with van der Waals surface area (Å²) in [6.07, 6.45) is 0. The molecule has 6 heavy (non-hydrogen) atoms. The van der Waals surface area contributed by atoms with Crippen molar-refractivity contribution in [2.24, 2.45) is 0 Å². The van der Waals surface area contributed by atoms with Crippen LogP contribution >= 0.6 is 0 Å². The number of rotatable bonds is 0. The Morgan fingerprint density at radius 2 is 1.50 bits per heavy atom. The van der Waals surface area contributed by atoms with Crippen molar-refractivity contribution in [3.63, 3.8) is 0 Å². The Labute approximate surface area is 54.2 Å². The van der Waals surface area contributed by atoms with Gasteiger partial charge in [-0.05, 0) is 0 Å². The predicted molar refractivity (Wildman–Crippen MR) is 11.2 cm³/mol. The van der Waals surface area contributed by atoms with Crippen molar-refractivity contribution in [1.82, 2.24) is 0 Å². The second-order valence-electron chi connectivity index (χ2n) is 0.247. The van der Waals surface area contributed by atoms with Gasteiger partial charge >= 0.3 is 35.4 Å². The summed E-state index contributed by atoms with van der Waals surface area (Å²) < 4.78 is 0. The zero-order chi connectivity index (χ0) is 4.12. The van der Waals surface area contributed by atoms with Gasteiger partial charge in [-0.15, -0.1) is 0 Å². The quantitative estimate of drug-likeness (QED) is 0.468. The third-order valence-corrected chi connectivity index (χ3v) is 0.326. The van der Waals surface area contributed by atoms with Gasteiger partial charge < -0.3 is 0 Å². The van der Waals surface area contributed by atoms with Gasteiger partial charge in [0.05, 0.1) is 0 Å². The van der Waals surface area contributed by atoms with E-state index in [9.17, 15) is 0 Å². The normalized spacial score (nSPS) is 4.33. The van der Waals surface area contributed by atoms with Crippen LogP contribution in [0.3, 0.4) is 0 Å². The summed E-state index contributed by atoms with van der Waals surface area (Å²) in [6.45, 7) is 0. The maximum absolute atomic E-state index is 7.59. The summed E-state index contributed by atoms with van der Waals surface area (Å²) in [5, 5.41) is 15.2. The van der Waals surface area contributed by atoms with Gasteiger partial charge in [0.1, 0.15) is 0 Å². The van der Waals surface area contributed by atoms with Crippen molar-refractivity contribution >= 4 is 0 Å². The van der Waals surface area contributed by atoms with Crippen molar-refractivity contribution < 1.29 is 33.5 Å². The maximum Gasteiger partial charge on any atom is 0 e. The Morgan fingerprint density at radius 3 is 1.50 bits per heavy atom. The molecule has 0 aliphatic carbocycles. The van der Waals surface area contributed by atoms with Gasteiger partial charge in [0.2, 0.25) is 0 Å². The summed E-state index contributed by atoms with van der Waals surface area (Å²) in [7, 11) is 0. The second-order valence-corrected chi connectivity index (χ2v) is 1.02. The molecule has 1 radical (unpaired) electrons. The van der Waals surface area contributed by atoms with Gasteiger partial charge in [-0.25, -0.2) is 0 Å². The molecule has 0 amide bonds. The van der Waals surface area contributed by atoms with Crippen LogP contribution in [-0.2, 0) is 33.5 Å². The third-order valence-electron chi connectivity index (χ3n) is 0.0791. The summed E-state index contributed by atoms with van der Waals surface area (Å²) in [4.78, 5) is 3.31. The molecule has 0 fully saturated rings. The van der Waals surface area contributed by atoms with Crippen LogP contribution in [0.15, 0.2) is 0 Å². The minimum atomic E-state index is 0. The van der Waals surface area contributed by atoms with Crippen LogP contribution in [0.5, 0.6) is 0 Å². The van der Waals surface area contributed by atoms with Crippen LogP contribution in [0.4, 0.5) is 0 Å². The Kier molecular flexibility index (Phi) is 14.0. The zero-order valence-electron chi connectivity index (χ0n) is 2.70. The molecule has 2 nitrogen and oxygen atoms in total. The van der Waals surface area contributed by atoms with Crippen molar-refractivity contribution in [3.8, 4) is 9.94 Å². The average Bonchev–Trinajstić information content (AvgIpc) is 1.41. The van der Waals surface area contributed by atoms with Crippen molar-refractivity contribution in [3.05, 3.63) is 0 Å². The Bertz CT molecular complexity index is 76.7. The Hall–Kier alpha value is 0.0839. The van der Waals surface area contributed by atoms with Crippen molar-refractivity contribution in [1.29, 1.82) is 10.5 Å². The summed E-state index contributed by atoms with van der Waals surface area (Å²) >= 11 is 0. The minimum absolute atomic E-state index is 0. The fourth-order valence-corrected chi connectivity index (χ4v) is 0.0729. The molecule has 0 saturated carbocycles. The van der Waals surface area contributed by atoms with Crippen LogP contribution in [0, 0.1) is 20.5 Å². The number of hydrogen-bond acceptors (Lipinski definition) is 2. The van der Waals surface area contributed by atoms with E-state index in [1.54, 1.807) is 9.94 Å². The van der Waals surface area contributed by atoms with E-state index in [-0.39, 0.29) is 33.5 Å². The van der Waals surface area contributed by atoms with Gasteiger partial charge in [-0.1, -0.05) is 0 Å². The van der Waals surface area contributed by atoms with Crippen molar-refractivity contribution in [2.75, 3.05) is 0 Å². The predicted octanol–water partition coefficient (Wildman–Crippen LogP) is 0.0286. The molecule has 0 unspecified atom stereocenters. The van der Waals surface area contributed by atoms with E-state index in [0.29, 0.717) is 0 Å². The first kappa shape index (κ1) is 9.43. The third kappa shape index (κ3) is 8.94. The van der Waals surface area contributed by atoms with E-state index in [0.717, 1.165) is 0 Å². The van der Waals surface area contributed by atoms with E-state index in [4.69, 9.17) is 10.5 Å². The molecule has 31 valence electrons. The number of nitrogens with zero attached hydrogens (tertiary/aromatic N) is 2. The minimum Gasteiger partial charge on any atom is 0 e. The van der Waals surface area contributed by atoms with E-state index < -0.39 is 0 Å². The monoisotopic (exact) mass is 159 g/mol. The van der Waals surface area contributed by atoms with Gasteiger partial charge in [0, 0.05) is 18.6 Å². The molecule has 0 N–H and O–H groups in total. The smallest absolute Gasteiger partial charge is 0 e. The largest absolute Gasteiger partial charge is 0 e. The zero-order valence-corrected chi connectivity index (χ0v) is 5.20. The fraction of sp³-hybridized carbons (Fsp3) is 0. The first-order valence-corrected chi connectivity index (χ1v) is 1.90. The Morgan fingerprint density at radius 1 is 1.17 bits per heavy atom. The summed E-state index contributed by atoms with van der Waals surface area (Å²) in [5.41, 5.74) is 0. The first-order valence-electron chi connectivity index (χ1n) is 0.801. The molecule has 0 aromatic rings. The second kappa shape index (κ2) is 8.92. The molecule has 4 heteroatoms. The molecule has 0 saturated heterocycles. The van der Waals surface area contributed by atoms with Crippen LogP contribution < -0.4 is 0 Å². The van der Waals surface area contributed by atoms with Gasteiger partial charge in [-0.2, -0.15) is 0 Å². The molecular weight excluding hydrogens is 159 g/mol. The van der Waals surface area contributed by atoms with E-state index >= 15 is 0 Å². The van der Waals surface area contributed by atoms with Crippen LogP contribution in [0.1, 0.15) is 0 Å². The van der Waals surface area contributed by atoms with E-state index in [2.05, 4.69) is 0 Å². The van der Waals surface area contributed by atoms with Gasteiger partial charge in [-0.3, -0.25) is 0 Å². The van der Waals surface area contributed by atoms with Crippen LogP contribution in [0.25, 0.3) is 0 Å². The Balaban J connectivity index is 0. The molecule has 0 spiro atoms. The molecule has 0 bridgehead atoms. The van der Waals surface area contributed by atoms with Crippen LogP contribution in [0.2, 0.25) is 0 Å². The van der Waals surface area contributed by atoms with Crippen molar-refractivity contribution in [2.45, 2.75) is 0 Å².